The quantitative estimate of drug-likeness (QED) is 0.663. The number of aryl methyl sites for hydroxylation is 1. The van der Waals surface area contributed by atoms with Crippen LogP contribution < -0.4 is 5.32 Å². The van der Waals surface area contributed by atoms with Crippen LogP contribution in [0.2, 0.25) is 0 Å². The smallest absolute Gasteiger partial charge is 0.0270 e. The Bertz CT molecular complexity index is 270. The molecule has 0 saturated heterocycles. The van der Waals surface area contributed by atoms with Crippen LogP contribution in [-0.2, 0) is 6.42 Å². The number of rotatable bonds is 9. The molecule has 3 heteroatoms. The summed E-state index contributed by atoms with van der Waals surface area (Å²) in [6.07, 6.45) is 6.06. The largest absolute Gasteiger partial charge is 0.315 e. The van der Waals surface area contributed by atoms with Crippen LogP contribution in [0.25, 0.3) is 0 Å². The van der Waals surface area contributed by atoms with Crippen molar-refractivity contribution < 1.29 is 0 Å². The molecule has 0 atom stereocenters. The summed E-state index contributed by atoms with van der Waals surface area (Å²) >= 11 is 0. The standard InChI is InChI=1S/C14H25N3/c1-3-17(4-2)13-12-15-9-5-6-14-7-10-16-11-8-14/h7-8,10-11,15H,3-6,9,12-13H2,1-2H3. The monoisotopic (exact) mass is 235 g/mol. The molecule has 3 nitrogen and oxygen atoms in total. The summed E-state index contributed by atoms with van der Waals surface area (Å²) < 4.78 is 0. The first-order valence-electron chi connectivity index (χ1n) is 6.68. The van der Waals surface area contributed by atoms with Gasteiger partial charge in [-0.3, -0.25) is 4.98 Å². The minimum Gasteiger partial charge on any atom is -0.315 e. The maximum atomic E-state index is 4.02. The van der Waals surface area contributed by atoms with Crippen LogP contribution in [0.1, 0.15) is 25.8 Å². The normalized spacial score (nSPS) is 11.0. The number of nitrogens with one attached hydrogen (secondary N) is 1. The molecule has 96 valence electrons. The number of aromatic nitrogens is 1. The minimum absolute atomic E-state index is 1.10. The Kier molecular flexibility index (Phi) is 7.60. The van der Waals surface area contributed by atoms with E-state index in [4.69, 9.17) is 0 Å². The van der Waals surface area contributed by atoms with Crippen molar-refractivity contribution in [2.45, 2.75) is 26.7 Å². The van der Waals surface area contributed by atoms with Crippen molar-refractivity contribution in [3.05, 3.63) is 30.1 Å². The fraction of sp³-hybridized carbons (Fsp3) is 0.643. The van der Waals surface area contributed by atoms with Gasteiger partial charge in [0.15, 0.2) is 0 Å². The van der Waals surface area contributed by atoms with Crippen LogP contribution in [0.3, 0.4) is 0 Å². The highest BCUT2D eigenvalue weighted by molar-refractivity contribution is 5.09. The number of hydrogen-bond acceptors (Lipinski definition) is 3. The van der Waals surface area contributed by atoms with Crippen LogP contribution in [0.4, 0.5) is 0 Å². The zero-order chi connectivity index (χ0) is 12.3. The zero-order valence-corrected chi connectivity index (χ0v) is 11.2. The molecule has 0 unspecified atom stereocenters. The summed E-state index contributed by atoms with van der Waals surface area (Å²) in [5, 5.41) is 3.50. The second kappa shape index (κ2) is 9.14. The molecular formula is C14H25N3. The topological polar surface area (TPSA) is 28.2 Å². The van der Waals surface area contributed by atoms with Crippen molar-refractivity contribution in [1.29, 1.82) is 0 Å². The molecule has 0 saturated carbocycles. The Morgan fingerprint density at radius 1 is 1.12 bits per heavy atom. The highest BCUT2D eigenvalue weighted by atomic mass is 15.1. The fourth-order valence-corrected chi connectivity index (χ4v) is 1.87. The summed E-state index contributed by atoms with van der Waals surface area (Å²) in [5.74, 6) is 0. The SMILES string of the molecule is CCN(CC)CCNCCCc1ccncc1. The van der Waals surface area contributed by atoms with E-state index in [0.29, 0.717) is 0 Å². The molecule has 0 aliphatic heterocycles. The maximum Gasteiger partial charge on any atom is 0.0270 e. The highest BCUT2D eigenvalue weighted by Crippen LogP contribution is 1.99. The van der Waals surface area contributed by atoms with Crippen molar-refractivity contribution in [2.75, 3.05) is 32.7 Å². The van der Waals surface area contributed by atoms with E-state index in [-0.39, 0.29) is 0 Å². The van der Waals surface area contributed by atoms with Crippen LogP contribution in [0.5, 0.6) is 0 Å². The van der Waals surface area contributed by atoms with Gasteiger partial charge in [-0.15, -0.1) is 0 Å². The van der Waals surface area contributed by atoms with Gasteiger partial charge in [-0.2, -0.15) is 0 Å². The van der Waals surface area contributed by atoms with Gasteiger partial charge in [0, 0.05) is 25.5 Å². The van der Waals surface area contributed by atoms with Gasteiger partial charge >= 0.3 is 0 Å². The lowest BCUT2D eigenvalue weighted by Crippen LogP contribution is -2.32. The lowest BCUT2D eigenvalue weighted by atomic mass is 10.1. The summed E-state index contributed by atoms with van der Waals surface area (Å²) in [5.41, 5.74) is 1.38. The Morgan fingerprint density at radius 2 is 1.82 bits per heavy atom. The lowest BCUT2D eigenvalue weighted by Gasteiger charge is -2.17. The van der Waals surface area contributed by atoms with Crippen molar-refractivity contribution >= 4 is 0 Å². The molecule has 0 spiro atoms. The number of hydrogen-bond donors (Lipinski definition) is 1. The number of likely N-dealkylation sites (N-methyl/N-ethyl adjacent to an activating group) is 1. The average molecular weight is 235 g/mol. The van der Waals surface area contributed by atoms with E-state index in [0.717, 1.165) is 39.1 Å². The Balaban J connectivity index is 1.98. The number of pyridine rings is 1. The fourth-order valence-electron chi connectivity index (χ4n) is 1.87. The molecule has 0 aromatic carbocycles. The molecule has 0 aliphatic rings. The third kappa shape index (κ3) is 6.39. The molecule has 0 fully saturated rings. The molecular weight excluding hydrogens is 210 g/mol. The maximum absolute atomic E-state index is 4.02. The molecule has 0 radical (unpaired) electrons. The van der Waals surface area contributed by atoms with E-state index in [1.807, 2.05) is 12.4 Å². The van der Waals surface area contributed by atoms with Crippen molar-refractivity contribution in [1.82, 2.24) is 15.2 Å². The first-order valence-corrected chi connectivity index (χ1v) is 6.68. The molecule has 0 aliphatic carbocycles. The third-order valence-corrected chi connectivity index (χ3v) is 3.07. The molecule has 1 aromatic rings. The van der Waals surface area contributed by atoms with Crippen LogP contribution in [-0.4, -0.2) is 42.6 Å². The van der Waals surface area contributed by atoms with Crippen LogP contribution in [0.15, 0.2) is 24.5 Å². The Hall–Kier alpha value is -0.930. The van der Waals surface area contributed by atoms with Crippen LogP contribution >= 0.6 is 0 Å². The van der Waals surface area contributed by atoms with E-state index in [1.165, 1.54) is 12.0 Å². The predicted octanol–water partition coefficient (Wildman–Crippen LogP) is 1.95. The number of nitrogens with zero attached hydrogens (tertiary/aromatic N) is 2. The Labute approximate surface area is 105 Å². The highest BCUT2D eigenvalue weighted by Gasteiger charge is 1.97. The second-order valence-electron chi connectivity index (χ2n) is 4.24. The summed E-state index contributed by atoms with van der Waals surface area (Å²) in [6.45, 7) is 10.1. The van der Waals surface area contributed by atoms with Gasteiger partial charge in [0.25, 0.3) is 0 Å². The first-order chi connectivity index (χ1) is 8.36. The molecule has 1 heterocycles. The van der Waals surface area contributed by atoms with E-state index >= 15 is 0 Å². The molecule has 1 rings (SSSR count). The van der Waals surface area contributed by atoms with E-state index in [9.17, 15) is 0 Å². The predicted molar refractivity (Wildman–Crippen MR) is 73.2 cm³/mol. The zero-order valence-electron chi connectivity index (χ0n) is 11.2. The van der Waals surface area contributed by atoms with E-state index in [1.54, 1.807) is 0 Å². The van der Waals surface area contributed by atoms with Gasteiger partial charge in [-0.25, -0.2) is 0 Å². The molecule has 0 bridgehead atoms. The van der Waals surface area contributed by atoms with Crippen molar-refractivity contribution in [3.63, 3.8) is 0 Å². The second-order valence-corrected chi connectivity index (χ2v) is 4.24. The van der Waals surface area contributed by atoms with Gasteiger partial charge in [-0.05, 0) is 50.2 Å². The Morgan fingerprint density at radius 3 is 2.47 bits per heavy atom. The van der Waals surface area contributed by atoms with Gasteiger partial charge in [0.1, 0.15) is 0 Å². The summed E-state index contributed by atoms with van der Waals surface area (Å²) in [4.78, 5) is 6.46. The molecule has 17 heavy (non-hydrogen) atoms. The summed E-state index contributed by atoms with van der Waals surface area (Å²) in [6, 6.07) is 4.19. The lowest BCUT2D eigenvalue weighted by molar-refractivity contribution is 0.302. The molecule has 1 aromatic heterocycles. The van der Waals surface area contributed by atoms with Gasteiger partial charge in [-0.1, -0.05) is 13.8 Å². The van der Waals surface area contributed by atoms with E-state index < -0.39 is 0 Å². The third-order valence-electron chi connectivity index (χ3n) is 3.07. The van der Waals surface area contributed by atoms with E-state index in [2.05, 4.69) is 41.2 Å². The first kappa shape index (κ1) is 14.1. The summed E-state index contributed by atoms with van der Waals surface area (Å²) in [7, 11) is 0. The average Bonchev–Trinajstić information content (AvgIpc) is 2.39. The van der Waals surface area contributed by atoms with Crippen LogP contribution in [0, 0.1) is 0 Å². The van der Waals surface area contributed by atoms with Gasteiger partial charge in [0.05, 0.1) is 0 Å². The molecule has 0 amide bonds. The van der Waals surface area contributed by atoms with Crippen molar-refractivity contribution in [3.8, 4) is 0 Å². The van der Waals surface area contributed by atoms with Gasteiger partial charge < -0.3 is 10.2 Å². The van der Waals surface area contributed by atoms with Gasteiger partial charge in [0.2, 0.25) is 0 Å². The molecule has 1 N–H and O–H groups in total. The minimum atomic E-state index is 1.10. The van der Waals surface area contributed by atoms with Crippen molar-refractivity contribution in [2.24, 2.45) is 0 Å².